The third-order valence-electron chi connectivity index (χ3n) is 9.33. The zero-order valence-electron chi connectivity index (χ0n) is 17.2. The van der Waals surface area contributed by atoms with Crippen LogP contribution in [0.25, 0.3) is 0 Å². The normalized spacial score (nSPS) is 51.1. The molecule has 4 fully saturated rings. The van der Waals surface area contributed by atoms with Gasteiger partial charge in [-0.1, -0.05) is 25.5 Å². The van der Waals surface area contributed by atoms with Gasteiger partial charge in [-0.15, -0.1) is 0 Å². The summed E-state index contributed by atoms with van der Waals surface area (Å²) in [7, 11) is 0. The van der Waals surface area contributed by atoms with E-state index in [2.05, 4.69) is 19.9 Å². The molecule has 1 heterocycles. The molecule has 5 aliphatic rings. The molecule has 0 radical (unpaired) electrons. The number of ketones is 1. The number of carbonyl (C=O) groups excluding carboxylic acids is 2. The standard InChI is InChI=1S/C23H32O5/c1-13(24)27-12-19(26)23-20(28-23)11-18-16-5-4-14-10-15(25)6-8-21(14,2)17(16)7-9-22(18,23)3/h4,15-18,20,25H,5-12H2,1-3H3. The average Bonchev–Trinajstić information content (AvgIpc) is 3.32. The Hall–Kier alpha value is -1.20. The molecule has 8 unspecified atom stereocenters. The number of rotatable bonds is 3. The van der Waals surface area contributed by atoms with E-state index in [1.807, 2.05) is 0 Å². The Balaban J connectivity index is 1.42. The van der Waals surface area contributed by atoms with Crippen LogP contribution in [0.1, 0.15) is 65.7 Å². The molecular formula is C23H32O5. The number of aliphatic hydroxyl groups excluding tert-OH is 1. The maximum atomic E-state index is 13.0. The molecule has 8 atom stereocenters. The first-order valence-corrected chi connectivity index (χ1v) is 10.9. The molecular weight excluding hydrogens is 356 g/mol. The van der Waals surface area contributed by atoms with Crippen molar-refractivity contribution in [1.82, 2.24) is 0 Å². The Morgan fingerprint density at radius 1 is 1.25 bits per heavy atom. The lowest BCUT2D eigenvalue weighted by Crippen LogP contribution is -2.55. The van der Waals surface area contributed by atoms with Gasteiger partial charge in [0.05, 0.1) is 12.2 Å². The van der Waals surface area contributed by atoms with Gasteiger partial charge in [0.2, 0.25) is 5.78 Å². The summed E-state index contributed by atoms with van der Waals surface area (Å²) < 4.78 is 11.1. The largest absolute Gasteiger partial charge is 0.458 e. The minimum atomic E-state index is -0.730. The molecule has 0 bridgehead atoms. The molecule has 4 aliphatic carbocycles. The molecule has 28 heavy (non-hydrogen) atoms. The second-order valence-electron chi connectivity index (χ2n) is 10.4. The number of esters is 1. The Morgan fingerprint density at radius 3 is 2.79 bits per heavy atom. The summed E-state index contributed by atoms with van der Waals surface area (Å²) in [4.78, 5) is 24.2. The van der Waals surface area contributed by atoms with Gasteiger partial charge >= 0.3 is 5.97 Å². The fraction of sp³-hybridized carbons (Fsp3) is 0.826. The molecule has 5 nitrogen and oxygen atoms in total. The molecule has 0 spiro atoms. The van der Waals surface area contributed by atoms with Crippen LogP contribution < -0.4 is 0 Å². The highest BCUT2D eigenvalue weighted by Crippen LogP contribution is 2.73. The zero-order chi connectivity index (χ0) is 19.9. The highest BCUT2D eigenvalue weighted by Gasteiger charge is 2.80. The fourth-order valence-electron chi connectivity index (χ4n) is 7.83. The van der Waals surface area contributed by atoms with Crippen molar-refractivity contribution in [3.63, 3.8) is 0 Å². The maximum Gasteiger partial charge on any atom is 0.303 e. The van der Waals surface area contributed by atoms with Crippen molar-refractivity contribution >= 4 is 11.8 Å². The minimum Gasteiger partial charge on any atom is -0.458 e. The van der Waals surface area contributed by atoms with E-state index in [0.717, 1.165) is 44.9 Å². The van der Waals surface area contributed by atoms with E-state index < -0.39 is 11.6 Å². The number of aliphatic hydroxyl groups is 1. The first-order chi connectivity index (χ1) is 13.2. The van der Waals surface area contributed by atoms with Crippen molar-refractivity contribution in [2.45, 2.75) is 83.5 Å². The molecule has 0 aromatic rings. The number of fused-ring (bicyclic) bond motifs is 7. The van der Waals surface area contributed by atoms with Gasteiger partial charge in [0.1, 0.15) is 0 Å². The molecule has 3 saturated carbocycles. The predicted molar refractivity (Wildman–Crippen MR) is 102 cm³/mol. The van der Waals surface area contributed by atoms with Gasteiger partial charge in [-0.05, 0) is 68.1 Å². The number of ether oxygens (including phenoxy) is 2. The van der Waals surface area contributed by atoms with E-state index in [1.165, 1.54) is 12.5 Å². The van der Waals surface area contributed by atoms with Gasteiger partial charge < -0.3 is 14.6 Å². The van der Waals surface area contributed by atoms with Gasteiger partial charge in [-0.25, -0.2) is 0 Å². The van der Waals surface area contributed by atoms with Crippen LogP contribution in [0, 0.1) is 28.6 Å². The van der Waals surface area contributed by atoms with Crippen LogP contribution >= 0.6 is 0 Å². The van der Waals surface area contributed by atoms with Crippen molar-refractivity contribution in [3.8, 4) is 0 Å². The Morgan fingerprint density at radius 2 is 2.04 bits per heavy atom. The fourth-order valence-corrected chi connectivity index (χ4v) is 7.83. The monoisotopic (exact) mass is 388 g/mol. The molecule has 0 amide bonds. The lowest BCUT2D eigenvalue weighted by Gasteiger charge is -2.58. The van der Waals surface area contributed by atoms with Crippen molar-refractivity contribution in [3.05, 3.63) is 11.6 Å². The van der Waals surface area contributed by atoms with Crippen molar-refractivity contribution in [2.75, 3.05) is 6.61 Å². The van der Waals surface area contributed by atoms with Crippen LogP contribution in [-0.4, -0.2) is 41.3 Å². The van der Waals surface area contributed by atoms with E-state index >= 15 is 0 Å². The van der Waals surface area contributed by atoms with Crippen LogP contribution in [-0.2, 0) is 19.1 Å². The summed E-state index contributed by atoms with van der Waals surface area (Å²) in [6.45, 7) is 5.84. The SMILES string of the molecule is CC(=O)OCC(=O)C12OC1CC1C3CC=C4CC(O)CCC4(C)C3CCC12C. The second-order valence-corrected chi connectivity index (χ2v) is 10.4. The van der Waals surface area contributed by atoms with Crippen LogP contribution in [0.4, 0.5) is 0 Å². The predicted octanol–water partition coefficient (Wildman–Crippen LogP) is 3.19. The quantitative estimate of drug-likeness (QED) is 0.456. The highest BCUT2D eigenvalue weighted by atomic mass is 16.6. The zero-order valence-corrected chi connectivity index (χ0v) is 17.2. The molecule has 5 heteroatoms. The number of carbonyl (C=O) groups is 2. The Labute approximate surface area is 166 Å². The van der Waals surface area contributed by atoms with E-state index in [-0.39, 0.29) is 35.4 Å². The molecule has 1 aliphatic heterocycles. The van der Waals surface area contributed by atoms with Crippen molar-refractivity contribution in [1.29, 1.82) is 0 Å². The molecule has 5 rings (SSSR count). The molecule has 0 aromatic carbocycles. The molecule has 154 valence electrons. The van der Waals surface area contributed by atoms with Crippen molar-refractivity contribution in [2.24, 2.45) is 28.6 Å². The lowest BCUT2D eigenvalue weighted by atomic mass is 9.47. The summed E-state index contributed by atoms with van der Waals surface area (Å²) in [5.41, 5.74) is 0.778. The van der Waals surface area contributed by atoms with Crippen LogP contribution in [0.3, 0.4) is 0 Å². The second kappa shape index (κ2) is 5.91. The van der Waals surface area contributed by atoms with Crippen molar-refractivity contribution < 1.29 is 24.2 Å². The van der Waals surface area contributed by atoms with Crippen LogP contribution in [0.2, 0.25) is 0 Å². The van der Waals surface area contributed by atoms with E-state index in [0.29, 0.717) is 17.8 Å². The third kappa shape index (κ3) is 2.26. The topological polar surface area (TPSA) is 76.1 Å². The van der Waals surface area contributed by atoms with E-state index in [9.17, 15) is 14.7 Å². The van der Waals surface area contributed by atoms with Crippen LogP contribution in [0.5, 0.6) is 0 Å². The molecule has 1 N–H and O–H groups in total. The smallest absolute Gasteiger partial charge is 0.303 e. The Bertz CT molecular complexity index is 758. The Kier molecular flexibility index (Phi) is 3.97. The molecule has 0 aromatic heterocycles. The maximum absolute atomic E-state index is 13.0. The summed E-state index contributed by atoms with van der Waals surface area (Å²) in [5.74, 6) is 1.24. The summed E-state index contributed by atoms with van der Waals surface area (Å²) in [6.07, 6.45) is 9.14. The van der Waals surface area contributed by atoms with E-state index in [4.69, 9.17) is 9.47 Å². The number of hydrogen-bond acceptors (Lipinski definition) is 5. The number of Topliss-reactive ketones (excluding diaryl/α,β-unsaturated/α-hetero) is 1. The van der Waals surface area contributed by atoms with Gasteiger partial charge in [-0.3, -0.25) is 9.59 Å². The van der Waals surface area contributed by atoms with Gasteiger partial charge in [-0.2, -0.15) is 0 Å². The first-order valence-electron chi connectivity index (χ1n) is 10.9. The lowest BCUT2D eigenvalue weighted by molar-refractivity contribution is -0.152. The van der Waals surface area contributed by atoms with Crippen LogP contribution in [0.15, 0.2) is 11.6 Å². The number of epoxide rings is 1. The summed E-state index contributed by atoms with van der Waals surface area (Å²) in [5, 5.41) is 10.1. The third-order valence-corrected chi connectivity index (χ3v) is 9.33. The van der Waals surface area contributed by atoms with Gasteiger partial charge in [0.25, 0.3) is 0 Å². The number of allylic oxidation sites excluding steroid dienone is 1. The van der Waals surface area contributed by atoms with E-state index in [1.54, 1.807) is 0 Å². The first kappa shape index (κ1) is 18.8. The van der Waals surface area contributed by atoms with Gasteiger partial charge in [0, 0.05) is 12.3 Å². The summed E-state index contributed by atoms with van der Waals surface area (Å²) >= 11 is 0. The summed E-state index contributed by atoms with van der Waals surface area (Å²) in [6, 6.07) is 0. The molecule has 1 saturated heterocycles. The highest BCUT2D eigenvalue weighted by molar-refractivity contribution is 5.94. The number of hydrogen-bond donors (Lipinski definition) is 1. The average molecular weight is 389 g/mol. The van der Waals surface area contributed by atoms with Gasteiger partial charge in [0.15, 0.2) is 12.2 Å². The minimum absolute atomic E-state index is 0.00401.